The van der Waals surface area contributed by atoms with Crippen molar-refractivity contribution in [3.63, 3.8) is 0 Å². The fourth-order valence-electron chi connectivity index (χ4n) is 3.75. The first-order valence-corrected chi connectivity index (χ1v) is 9.76. The summed E-state index contributed by atoms with van der Waals surface area (Å²) < 4.78 is 0.946. The van der Waals surface area contributed by atoms with Crippen LogP contribution in [0.1, 0.15) is 17.2 Å². The molecule has 0 bridgehead atoms. The molecule has 27 heavy (non-hydrogen) atoms. The van der Waals surface area contributed by atoms with Gasteiger partial charge in [-0.05, 0) is 35.9 Å². The number of halogens is 1. The Morgan fingerprint density at radius 2 is 1.93 bits per heavy atom. The number of nitrogens with one attached hydrogen (secondary N) is 1. The second kappa shape index (κ2) is 7.80. The molecule has 1 aromatic carbocycles. The average Bonchev–Trinajstić information content (AvgIpc) is 3.07. The molecular weight excluding hydrogens is 408 g/mol. The van der Waals surface area contributed by atoms with Crippen molar-refractivity contribution in [1.29, 1.82) is 0 Å². The lowest BCUT2D eigenvalue weighted by Crippen LogP contribution is -2.48. The van der Waals surface area contributed by atoms with Gasteiger partial charge in [0, 0.05) is 72.3 Å². The van der Waals surface area contributed by atoms with Crippen molar-refractivity contribution >= 4 is 32.8 Å². The number of aromatic amines is 1. The van der Waals surface area contributed by atoms with Crippen LogP contribution in [0.5, 0.6) is 0 Å². The van der Waals surface area contributed by atoms with E-state index in [9.17, 15) is 9.90 Å². The van der Waals surface area contributed by atoms with Crippen molar-refractivity contribution in [3.8, 4) is 0 Å². The zero-order valence-electron chi connectivity index (χ0n) is 14.8. The second-order valence-electron chi connectivity index (χ2n) is 6.84. The molecule has 1 fully saturated rings. The Balaban J connectivity index is 1.50. The minimum atomic E-state index is -0.807. The summed E-state index contributed by atoms with van der Waals surface area (Å²) in [4.78, 5) is 23.8. The molecule has 0 aliphatic carbocycles. The van der Waals surface area contributed by atoms with Gasteiger partial charge in [0.2, 0.25) is 0 Å². The molecule has 4 rings (SSSR count). The van der Waals surface area contributed by atoms with Crippen LogP contribution in [0.2, 0.25) is 0 Å². The monoisotopic (exact) mass is 428 g/mol. The number of carboxylic acid groups (broad SMARTS) is 1. The Morgan fingerprint density at radius 1 is 1.19 bits per heavy atom. The second-order valence-corrected chi connectivity index (χ2v) is 7.76. The molecular formula is C20H21BrN4O2. The van der Waals surface area contributed by atoms with E-state index in [2.05, 4.69) is 35.7 Å². The molecule has 0 radical (unpaired) electrons. The quantitative estimate of drug-likeness (QED) is 0.652. The van der Waals surface area contributed by atoms with Gasteiger partial charge < -0.3 is 10.1 Å². The summed E-state index contributed by atoms with van der Waals surface area (Å²) in [6, 6.07) is 9.31. The van der Waals surface area contributed by atoms with Gasteiger partial charge in [-0.3, -0.25) is 19.6 Å². The van der Waals surface area contributed by atoms with Gasteiger partial charge in [0.1, 0.15) is 6.04 Å². The fourth-order valence-corrected chi connectivity index (χ4v) is 4.11. The molecule has 2 aromatic heterocycles. The lowest BCUT2D eigenvalue weighted by atomic mass is 10.0. The van der Waals surface area contributed by atoms with Crippen LogP contribution in [0.25, 0.3) is 10.9 Å². The van der Waals surface area contributed by atoms with E-state index in [-0.39, 0.29) is 0 Å². The van der Waals surface area contributed by atoms with Crippen LogP contribution in [0, 0.1) is 0 Å². The Morgan fingerprint density at radius 3 is 2.63 bits per heavy atom. The number of pyridine rings is 1. The van der Waals surface area contributed by atoms with Crippen LogP contribution < -0.4 is 0 Å². The van der Waals surface area contributed by atoms with Crippen molar-refractivity contribution in [2.75, 3.05) is 26.2 Å². The highest BCUT2D eigenvalue weighted by Gasteiger charge is 2.32. The summed E-state index contributed by atoms with van der Waals surface area (Å²) in [5, 5.41) is 10.9. The van der Waals surface area contributed by atoms with Gasteiger partial charge in [-0.15, -0.1) is 0 Å². The summed E-state index contributed by atoms with van der Waals surface area (Å²) in [5.41, 5.74) is 3.01. The van der Waals surface area contributed by atoms with Gasteiger partial charge in [-0.1, -0.05) is 15.9 Å². The molecule has 1 atom stereocenters. The Bertz CT molecular complexity index is 936. The molecule has 1 saturated heterocycles. The zero-order valence-corrected chi connectivity index (χ0v) is 16.4. The molecule has 6 nitrogen and oxygen atoms in total. The van der Waals surface area contributed by atoms with E-state index in [1.165, 1.54) is 5.56 Å². The molecule has 2 N–H and O–H groups in total. The SMILES string of the molecule is O=C(O)C(c1c[nH]c2ccc(Br)cc12)N1CCN(Cc2ccncc2)CC1. The standard InChI is InChI=1S/C20H21BrN4O2/c21-15-1-2-18-16(11-15)17(12-23-18)19(20(26)27)25-9-7-24(8-10-25)13-14-3-5-22-6-4-14/h1-6,11-12,19,23H,7-10,13H2,(H,26,27). The number of H-pyrrole nitrogens is 1. The molecule has 0 saturated carbocycles. The maximum Gasteiger partial charge on any atom is 0.325 e. The van der Waals surface area contributed by atoms with Crippen LogP contribution in [0.4, 0.5) is 0 Å². The van der Waals surface area contributed by atoms with Crippen molar-refractivity contribution in [2.45, 2.75) is 12.6 Å². The first kappa shape index (κ1) is 18.2. The molecule has 7 heteroatoms. The summed E-state index contributed by atoms with van der Waals surface area (Å²) in [7, 11) is 0. The normalized spacial score (nSPS) is 17.2. The van der Waals surface area contributed by atoms with Crippen LogP contribution in [0.15, 0.2) is 53.4 Å². The number of aliphatic carboxylic acids is 1. The minimum Gasteiger partial charge on any atom is -0.480 e. The highest BCUT2D eigenvalue weighted by Crippen LogP contribution is 2.31. The van der Waals surface area contributed by atoms with Gasteiger partial charge in [0.05, 0.1) is 0 Å². The third kappa shape index (κ3) is 3.90. The Kier molecular flexibility index (Phi) is 5.24. The number of hydrogen-bond donors (Lipinski definition) is 2. The van der Waals surface area contributed by atoms with E-state index in [4.69, 9.17) is 0 Å². The van der Waals surface area contributed by atoms with Gasteiger partial charge in [0.25, 0.3) is 0 Å². The molecule has 3 heterocycles. The van der Waals surface area contributed by atoms with E-state index in [0.29, 0.717) is 0 Å². The molecule has 3 aromatic rings. The number of rotatable bonds is 5. The summed E-state index contributed by atoms with van der Waals surface area (Å²) in [5.74, 6) is -0.807. The van der Waals surface area contributed by atoms with Gasteiger partial charge in [0.15, 0.2) is 0 Å². The number of carbonyl (C=O) groups is 1. The van der Waals surface area contributed by atoms with Crippen molar-refractivity contribution in [2.24, 2.45) is 0 Å². The first-order chi connectivity index (χ1) is 13.1. The predicted octanol–water partition coefficient (Wildman–Crippen LogP) is 3.27. The number of carboxylic acids is 1. The smallest absolute Gasteiger partial charge is 0.325 e. The summed E-state index contributed by atoms with van der Waals surface area (Å²) in [6.45, 7) is 4.01. The van der Waals surface area contributed by atoms with E-state index >= 15 is 0 Å². The Labute approximate surface area is 165 Å². The number of fused-ring (bicyclic) bond motifs is 1. The molecule has 140 valence electrons. The molecule has 1 aliphatic rings. The molecule has 0 spiro atoms. The number of benzene rings is 1. The number of hydrogen-bond acceptors (Lipinski definition) is 4. The zero-order chi connectivity index (χ0) is 18.8. The summed E-state index contributed by atoms with van der Waals surface area (Å²) in [6.07, 6.45) is 5.45. The van der Waals surface area contributed by atoms with E-state index in [0.717, 1.165) is 53.7 Å². The Hall–Kier alpha value is -2.22. The van der Waals surface area contributed by atoms with E-state index in [1.54, 1.807) is 12.4 Å². The van der Waals surface area contributed by atoms with E-state index in [1.807, 2.05) is 36.5 Å². The van der Waals surface area contributed by atoms with Crippen molar-refractivity contribution in [1.82, 2.24) is 19.8 Å². The largest absolute Gasteiger partial charge is 0.480 e. The van der Waals surface area contributed by atoms with Gasteiger partial charge >= 0.3 is 5.97 Å². The molecule has 1 aliphatic heterocycles. The van der Waals surface area contributed by atoms with Gasteiger partial charge in [-0.25, -0.2) is 0 Å². The molecule has 0 amide bonds. The number of aromatic nitrogens is 2. The predicted molar refractivity (Wildman–Crippen MR) is 107 cm³/mol. The average molecular weight is 429 g/mol. The van der Waals surface area contributed by atoms with Crippen LogP contribution in [-0.2, 0) is 11.3 Å². The van der Waals surface area contributed by atoms with Gasteiger partial charge in [-0.2, -0.15) is 0 Å². The van der Waals surface area contributed by atoms with Crippen molar-refractivity contribution < 1.29 is 9.90 Å². The van der Waals surface area contributed by atoms with Crippen LogP contribution in [0.3, 0.4) is 0 Å². The lowest BCUT2D eigenvalue weighted by molar-refractivity contribution is -0.144. The van der Waals surface area contributed by atoms with E-state index < -0.39 is 12.0 Å². The van der Waals surface area contributed by atoms with Crippen molar-refractivity contribution in [3.05, 3.63) is 64.5 Å². The fraction of sp³-hybridized carbons (Fsp3) is 0.300. The number of nitrogens with zero attached hydrogens (tertiary/aromatic N) is 3. The maximum atomic E-state index is 12.1. The summed E-state index contributed by atoms with van der Waals surface area (Å²) >= 11 is 3.49. The molecule has 1 unspecified atom stereocenters. The lowest BCUT2D eigenvalue weighted by Gasteiger charge is -2.37. The topological polar surface area (TPSA) is 72.5 Å². The third-order valence-corrected chi connectivity index (χ3v) is 5.63. The third-order valence-electron chi connectivity index (χ3n) is 5.13. The minimum absolute atomic E-state index is 0.642. The first-order valence-electron chi connectivity index (χ1n) is 8.96. The van der Waals surface area contributed by atoms with Crippen LogP contribution >= 0.6 is 15.9 Å². The number of piperazine rings is 1. The highest BCUT2D eigenvalue weighted by molar-refractivity contribution is 9.10. The highest BCUT2D eigenvalue weighted by atomic mass is 79.9. The van der Waals surface area contributed by atoms with Crippen LogP contribution in [-0.4, -0.2) is 57.0 Å². The maximum absolute atomic E-state index is 12.1.